The van der Waals surface area contributed by atoms with Gasteiger partial charge in [-0.05, 0) is 42.7 Å². The molecule has 2 N–H and O–H groups in total. The zero-order valence-electron chi connectivity index (χ0n) is 17.1. The van der Waals surface area contributed by atoms with Gasteiger partial charge in [0, 0.05) is 12.1 Å². The number of likely N-dealkylation sites (tertiary alicyclic amines) is 1. The molecule has 2 aromatic rings. The summed E-state index contributed by atoms with van der Waals surface area (Å²) in [4.78, 5) is 26.2. The molecule has 0 radical (unpaired) electrons. The number of benzene rings is 2. The van der Waals surface area contributed by atoms with Crippen LogP contribution >= 0.6 is 11.6 Å². The molecule has 0 saturated carbocycles. The van der Waals surface area contributed by atoms with Gasteiger partial charge in [-0.1, -0.05) is 17.7 Å². The Morgan fingerprint density at radius 2 is 1.97 bits per heavy atom. The Kier molecular flexibility index (Phi) is 6.08. The number of ether oxygens (including phenoxy) is 4. The zero-order valence-corrected chi connectivity index (χ0v) is 17.8. The van der Waals surface area contributed by atoms with E-state index < -0.39 is 5.91 Å². The van der Waals surface area contributed by atoms with E-state index >= 15 is 0 Å². The lowest BCUT2D eigenvalue weighted by molar-refractivity contribution is -0.119. The van der Waals surface area contributed by atoms with Gasteiger partial charge in [-0.15, -0.1) is 0 Å². The fraction of sp³-hybridized carbons (Fsp3) is 0.364. The van der Waals surface area contributed by atoms with Crippen molar-refractivity contribution in [3.63, 3.8) is 0 Å². The van der Waals surface area contributed by atoms with Gasteiger partial charge in [-0.2, -0.15) is 0 Å². The lowest BCUT2D eigenvalue weighted by Gasteiger charge is -2.27. The smallest absolute Gasteiger partial charge is 0.255 e. The monoisotopic (exact) mass is 446 g/mol. The van der Waals surface area contributed by atoms with Crippen molar-refractivity contribution in [2.75, 3.05) is 33.5 Å². The Bertz CT molecular complexity index is 1010. The first-order valence-electron chi connectivity index (χ1n) is 9.97. The highest BCUT2D eigenvalue weighted by Gasteiger charge is 2.32. The predicted octanol–water partition coefficient (Wildman–Crippen LogP) is 2.96. The Hall–Kier alpha value is -3.13. The minimum Gasteiger partial charge on any atom is -0.493 e. The number of amides is 2. The maximum absolute atomic E-state index is 13.4. The first-order chi connectivity index (χ1) is 15.0. The molecule has 31 heavy (non-hydrogen) atoms. The Morgan fingerprint density at radius 1 is 1.19 bits per heavy atom. The Balaban J connectivity index is 1.59. The third-order valence-corrected chi connectivity index (χ3v) is 5.58. The second-order valence-electron chi connectivity index (χ2n) is 7.30. The zero-order chi connectivity index (χ0) is 22.0. The van der Waals surface area contributed by atoms with E-state index in [9.17, 15) is 9.59 Å². The molecule has 8 nitrogen and oxygen atoms in total. The van der Waals surface area contributed by atoms with Crippen LogP contribution in [0.3, 0.4) is 0 Å². The van der Waals surface area contributed by atoms with Gasteiger partial charge in [0.05, 0.1) is 18.2 Å². The highest BCUT2D eigenvalue weighted by molar-refractivity contribution is 6.32. The van der Waals surface area contributed by atoms with E-state index in [0.29, 0.717) is 36.8 Å². The van der Waals surface area contributed by atoms with Crippen molar-refractivity contribution < 1.29 is 28.5 Å². The normalized spacial score (nSPS) is 17.4. The molecule has 9 heteroatoms. The van der Waals surface area contributed by atoms with E-state index in [1.807, 2.05) is 23.1 Å². The van der Waals surface area contributed by atoms with Crippen LogP contribution in [0.5, 0.6) is 23.0 Å². The summed E-state index contributed by atoms with van der Waals surface area (Å²) in [6.45, 7) is 1.31. The van der Waals surface area contributed by atoms with E-state index in [-0.39, 0.29) is 35.1 Å². The van der Waals surface area contributed by atoms with Crippen LogP contribution in [0.2, 0.25) is 5.02 Å². The van der Waals surface area contributed by atoms with Crippen molar-refractivity contribution in [2.24, 2.45) is 5.73 Å². The largest absolute Gasteiger partial charge is 0.493 e. The van der Waals surface area contributed by atoms with Gasteiger partial charge >= 0.3 is 0 Å². The van der Waals surface area contributed by atoms with E-state index in [4.69, 9.17) is 36.3 Å². The standard InChI is InChI=1S/C22H23ClN2O6/c1-28-19-11-14(9-15(23)21(19)31-12-20(24)26)22(27)25-6-2-3-16(25)13-4-5-17-18(10-13)30-8-7-29-17/h4-5,9-11,16H,2-3,6-8,12H2,1H3,(H2,24,26). The van der Waals surface area contributed by atoms with Gasteiger partial charge in [0.2, 0.25) is 0 Å². The van der Waals surface area contributed by atoms with Gasteiger partial charge < -0.3 is 29.6 Å². The van der Waals surface area contributed by atoms with Crippen molar-refractivity contribution in [3.8, 4) is 23.0 Å². The third-order valence-electron chi connectivity index (χ3n) is 5.30. The molecule has 0 aromatic heterocycles. The summed E-state index contributed by atoms with van der Waals surface area (Å²) >= 11 is 6.32. The number of halogens is 1. The van der Waals surface area contributed by atoms with Crippen LogP contribution in [-0.4, -0.2) is 50.2 Å². The molecule has 2 aliphatic heterocycles. The fourth-order valence-electron chi connectivity index (χ4n) is 3.92. The summed E-state index contributed by atoms with van der Waals surface area (Å²) in [7, 11) is 1.44. The molecule has 0 bridgehead atoms. The first-order valence-corrected chi connectivity index (χ1v) is 10.3. The molecule has 164 valence electrons. The molecule has 2 aromatic carbocycles. The quantitative estimate of drug-likeness (QED) is 0.732. The van der Waals surface area contributed by atoms with Crippen LogP contribution < -0.4 is 24.7 Å². The van der Waals surface area contributed by atoms with Crippen LogP contribution in [0.1, 0.15) is 34.8 Å². The number of rotatable bonds is 6. The summed E-state index contributed by atoms with van der Waals surface area (Å²) in [6.07, 6.45) is 1.73. The third kappa shape index (κ3) is 4.34. The molecule has 0 spiro atoms. The molecular formula is C22H23ClN2O6. The Morgan fingerprint density at radius 3 is 2.71 bits per heavy atom. The molecule has 2 amide bonds. The molecule has 4 rings (SSSR count). The average molecular weight is 447 g/mol. The number of carbonyl (C=O) groups is 2. The highest BCUT2D eigenvalue weighted by atomic mass is 35.5. The minimum atomic E-state index is -0.641. The van der Waals surface area contributed by atoms with Crippen molar-refractivity contribution in [3.05, 3.63) is 46.5 Å². The molecule has 1 saturated heterocycles. The van der Waals surface area contributed by atoms with Crippen molar-refractivity contribution in [1.29, 1.82) is 0 Å². The number of nitrogens with zero attached hydrogens (tertiary/aromatic N) is 1. The highest BCUT2D eigenvalue weighted by Crippen LogP contribution is 2.41. The predicted molar refractivity (Wildman–Crippen MR) is 113 cm³/mol. The fourth-order valence-corrected chi connectivity index (χ4v) is 4.18. The van der Waals surface area contributed by atoms with Gasteiger partial charge in [-0.3, -0.25) is 9.59 Å². The number of hydrogen-bond donors (Lipinski definition) is 1. The molecular weight excluding hydrogens is 424 g/mol. The van der Waals surface area contributed by atoms with Gasteiger partial charge in [0.1, 0.15) is 13.2 Å². The van der Waals surface area contributed by atoms with Gasteiger partial charge in [0.15, 0.2) is 29.6 Å². The summed E-state index contributed by atoms with van der Waals surface area (Å²) < 4.78 is 22.0. The van der Waals surface area contributed by atoms with E-state index in [0.717, 1.165) is 18.4 Å². The number of fused-ring (bicyclic) bond motifs is 1. The second kappa shape index (κ2) is 8.93. The van der Waals surface area contributed by atoms with Crippen molar-refractivity contribution in [2.45, 2.75) is 18.9 Å². The van der Waals surface area contributed by atoms with E-state index in [2.05, 4.69) is 0 Å². The molecule has 2 heterocycles. The van der Waals surface area contributed by atoms with Crippen molar-refractivity contribution >= 4 is 23.4 Å². The molecule has 1 unspecified atom stereocenters. The number of nitrogens with two attached hydrogens (primary N) is 1. The Labute approximate surface area is 184 Å². The van der Waals surface area contributed by atoms with E-state index in [1.54, 1.807) is 6.07 Å². The van der Waals surface area contributed by atoms with Gasteiger partial charge in [0.25, 0.3) is 11.8 Å². The number of carbonyl (C=O) groups excluding carboxylic acids is 2. The van der Waals surface area contributed by atoms with Crippen LogP contribution in [0, 0.1) is 0 Å². The molecule has 0 aliphatic carbocycles. The maximum atomic E-state index is 13.4. The molecule has 1 atom stereocenters. The number of methoxy groups -OCH3 is 1. The summed E-state index contributed by atoms with van der Waals surface area (Å²) in [5.41, 5.74) is 6.50. The average Bonchev–Trinajstić information content (AvgIpc) is 3.26. The first kappa shape index (κ1) is 21.1. The topological polar surface area (TPSA) is 100 Å². The van der Waals surface area contributed by atoms with Crippen LogP contribution in [0.15, 0.2) is 30.3 Å². The number of primary amides is 1. The summed E-state index contributed by atoms with van der Waals surface area (Å²) in [5, 5.41) is 0.166. The van der Waals surface area contributed by atoms with Crippen LogP contribution in [-0.2, 0) is 4.79 Å². The summed E-state index contributed by atoms with van der Waals surface area (Å²) in [6, 6.07) is 8.79. The van der Waals surface area contributed by atoms with E-state index in [1.165, 1.54) is 13.2 Å². The SMILES string of the molecule is COc1cc(C(=O)N2CCCC2c2ccc3c(c2)OCCO3)cc(Cl)c1OCC(N)=O. The lowest BCUT2D eigenvalue weighted by Crippen LogP contribution is -2.30. The minimum absolute atomic E-state index is 0.0844. The van der Waals surface area contributed by atoms with Crippen LogP contribution in [0.25, 0.3) is 0 Å². The van der Waals surface area contributed by atoms with Crippen LogP contribution in [0.4, 0.5) is 0 Å². The van der Waals surface area contributed by atoms with Crippen molar-refractivity contribution in [1.82, 2.24) is 4.90 Å². The molecule has 1 fully saturated rings. The number of hydrogen-bond acceptors (Lipinski definition) is 6. The lowest BCUT2D eigenvalue weighted by atomic mass is 10.0. The maximum Gasteiger partial charge on any atom is 0.255 e. The second-order valence-corrected chi connectivity index (χ2v) is 7.71. The van der Waals surface area contributed by atoms with Gasteiger partial charge in [-0.25, -0.2) is 0 Å². The molecule has 2 aliphatic rings. The summed E-state index contributed by atoms with van der Waals surface area (Å²) in [5.74, 6) is 1.03.